The highest BCUT2D eigenvalue weighted by atomic mass is 16.5. The monoisotopic (exact) mass is 404 g/mol. The van der Waals surface area contributed by atoms with E-state index in [9.17, 15) is 4.79 Å². The summed E-state index contributed by atoms with van der Waals surface area (Å²) in [4.78, 5) is 17.9. The number of aryl methyl sites for hydroxylation is 1. The lowest BCUT2D eigenvalue weighted by Gasteiger charge is -2.08. The quantitative estimate of drug-likeness (QED) is 0.450. The Balaban J connectivity index is 1.49. The van der Waals surface area contributed by atoms with Gasteiger partial charge in [0.1, 0.15) is 6.54 Å². The average molecular weight is 404 g/mol. The lowest BCUT2D eigenvalue weighted by molar-refractivity contribution is 0.0378. The van der Waals surface area contributed by atoms with Crippen molar-refractivity contribution in [2.24, 2.45) is 0 Å². The molecule has 0 fully saturated rings. The number of esters is 1. The smallest absolute Gasteiger partial charge is 0.338 e. The van der Waals surface area contributed by atoms with E-state index in [0.717, 1.165) is 11.1 Å². The maximum atomic E-state index is 12.1. The van der Waals surface area contributed by atoms with Gasteiger partial charge in [0.05, 0.1) is 11.7 Å². The highest BCUT2D eigenvalue weighted by Gasteiger charge is 2.14. The van der Waals surface area contributed by atoms with Crippen molar-refractivity contribution in [1.82, 2.24) is 30.3 Å². The van der Waals surface area contributed by atoms with Crippen LogP contribution in [0.4, 0.5) is 0 Å². The van der Waals surface area contributed by atoms with Gasteiger partial charge in [0.25, 0.3) is 5.89 Å². The Morgan fingerprint density at radius 1 is 1.10 bits per heavy atom. The third-order valence-corrected chi connectivity index (χ3v) is 4.21. The zero-order valence-electron chi connectivity index (χ0n) is 16.8. The van der Waals surface area contributed by atoms with Gasteiger partial charge in [-0.25, -0.2) is 4.79 Å². The van der Waals surface area contributed by atoms with Gasteiger partial charge in [-0.15, -0.1) is 10.2 Å². The van der Waals surface area contributed by atoms with Crippen molar-refractivity contribution in [1.29, 1.82) is 0 Å². The number of rotatable bonds is 6. The summed E-state index contributed by atoms with van der Waals surface area (Å²) in [6.07, 6.45) is -0.195. The summed E-state index contributed by atoms with van der Waals surface area (Å²) in [6.45, 7) is 5.80. The zero-order valence-corrected chi connectivity index (χ0v) is 16.8. The number of benzene rings is 2. The highest BCUT2D eigenvalue weighted by Crippen LogP contribution is 2.18. The van der Waals surface area contributed by atoms with Crippen LogP contribution in [0.1, 0.15) is 35.7 Å². The lowest BCUT2D eigenvalue weighted by Crippen LogP contribution is -2.11. The lowest BCUT2D eigenvalue weighted by atomic mass is 10.1. The second-order valence-electron chi connectivity index (χ2n) is 7.06. The molecule has 0 radical (unpaired) electrons. The summed E-state index contributed by atoms with van der Waals surface area (Å²) in [5.74, 6) is 0.853. The van der Waals surface area contributed by atoms with Gasteiger partial charge < -0.3 is 9.26 Å². The van der Waals surface area contributed by atoms with Gasteiger partial charge in [0.15, 0.2) is 0 Å². The van der Waals surface area contributed by atoms with Crippen LogP contribution in [-0.4, -0.2) is 42.4 Å². The molecule has 4 rings (SSSR count). The van der Waals surface area contributed by atoms with Crippen LogP contribution in [-0.2, 0) is 11.3 Å². The number of carbonyl (C=O) groups is 1. The van der Waals surface area contributed by atoms with Crippen LogP contribution in [0.2, 0.25) is 0 Å². The molecule has 0 aliphatic carbocycles. The van der Waals surface area contributed by atoms with E-state index in [-0.39, 0.29) is 12.6 Å². The van der Waals surface area contributed by atoms with Crippen LogP contribution in [0.25, 0.3) is 22.8 Å². The van der Waals surface area contributed by atoms with Gasteiger partial charge in [-0.05, 0) is 38.1 Å². The number of hydrogen-bond acceptors (Lipinski definition) is 8. The topological polar surface area (TPSA) is 109 Å². The Kier molecular flexibility index (Phi) is 5.34. The molecule has 30 heavy (non-hydrogen) atoms. The molecule has 4 aromatic rings. The fraction of sp³-hybridized carbons (Fsp3) is 0.238. The van der Waals surface area contributed by atoms with Crippen LogP contribution < -0.4 is 0 Å². The highest BCUT2D eigenvalue weighted by molar-refractivity contribution is 5.90. The van der Waals surface area contributed by atoms with E-state index in [1.165, 1.54) is 4.80 Å². The number of hydrogen-bond donors (Lipinski definition) is 0. The Hall–Kier alpha value is -3.88. The predicted octanol–water partition coefficient (Wildman–Crippen LogP) is 3.31. The van der Waals surface area contributed by atoms with Gasteiger partial charge in [-0.3, -0.25) is 0 Å². The molecule has 0 atom stereocenters. The van der Waals surface area contributed by atoms with Crippen LogP contribution in [0.15, 0.2) is 53.1 Å². The van der Waals surface area contributed by atoms with E-state index in [4.69, 9.17) is 9.26 Å². The summed E-state index contributed by atoms with van der Waals surface area (Å²) in [5, 5.41) is 16.4. The zero-order chi connectivity index (χ0) is 21.1. The Morgan fingerprint density at radius 3 is 2.67 bits per heavy atom. The summed E-state index contributed by atoms with van der Waals surface area (Å²) in [6, 6.07) is 14.8. The van der Waals surface area contributed by atoms with Crippen molar-refractivity contribution in [2.75, 3.05) is 0 Å². The fourth-order valence-corrected chi connectivity index (χ4v) is 2.75. The number of aromatic nitrogens is 6. The minimum absolute atomic E-state index is 0.181. The van der Waals surface area contributed by atoms with E-state index in [1.54, 1.807) is 38.1 Å². The van der Waals surface area contributed by atoms with E-state index in [0.29, 0.717) is 28.7 Å². The first-order valence-electron chi connectivity index (χ1n) is 9.47. The van der Waals surface area contributed by atoms with Crippen molar-refractivity contribution < 1.29 is 14.1 Å². The normalized spacial score (nSPS) is 11.1. The second kappa shape index (κ2) is 8.24. The minimum Gasteiger partial charge on any atom is -0.459 e. The van der Waals surface area contributed by atoms with E-state index in [1.807, 2.05) is 31.2 Å². The summed E-state index contributed by atoms with van der Waals surface area (Å²) in [5.41, 5.74) is 3.11. The SMILES string of the molecule is Cc1ccc(-c2noc(Cn3nnc(-c4cccc(C(=O)OC(C)C)c4)n3)n2)cc1. The molecule has 0 saturated heterocycles. The molecule has 9 heteroatoms. The molecule has 0 amide bonds. The van der Waals surface area contributed by atoms with Gasteiger partial charge in [-0.2, -0.15) is 9.78 Å². The molecule has 9 nitrogen and oxygen atoms in total. The third kappa shape index (κ3) is 4.40. The maximum absolute atomic E-state index is 12.1. The molecule has 0 N–H and O–H groups in total. The van der Waals surface area contributed by atoms with Crippen LogP contribution in [0, 0.1) is 6.92 Å². The Labute approximate surface area is 172 Å². The predicted molar refractivity (Wildman–Crippen MR) is 107 cm³/mol. The van der Waals surface area contributed by atoms with Gasteiger partial charge in [-0.1, -0.05) is 47.1 Å². The van der Waals surface area contributed by atoms with Gasteiger partial charge in [0.2, 0.25) is 11.6 Å². The largest absolute Gasteiger partial charge is 0.459 e. The van der Waals surface area contributed by atoms with E-state index < -0.39 is 5.97 Å². The molecule has 2 aromatic heterocycles. The number of tetrazole rings is 1. The molecular weight excluding hydrogens is 384 g/mol. The molecular formula is C21H20N6O3. The van der Waals surface area contributed by atoms with Crippen LogP contribution in [0.5, 0.6) is 0 Å². The second-order valence-corrected chi connectivity index (χ2v) is 7.06. The van der Waals surface area contributed by atoms with E-state index >= 15 is 0 Å². The van der Waals surface area contributed by atoms with Crippen LogP contribution >= 0.6 is 0 Å². The Bertz CT molecular complexity index is 1160. The number of ether oxygens (including phenoxy) is 1. The third-order valence-electron chi connectivity index (χ3n) is 4.21. The first-order valence-corrected chi connectivity index (χ1v) is 9.47. The van der Waals surface area contributed by atoms with Crippen molar-refractivity contribution in [3.63, 3.8) is 0 Å². The molecule has 2 heterocycles. The number of carbonyl (C=O) groups excluding carboxylic acids is 1. The summed E-state index contributed by atoms with van der Waals surface area (Å²) < 4.78 is 10.5. The van der Waals surface area contributed by atoms with Crippen molar-refractivity contribution in [3.05, 3.63) is 65.5 Å². The first-order chi connectivity index (χ1) is 14.5. The van der Waals surface area contributed by atoms with E-state index in [2.05, 4.69) is 25.6 Å². The van der Waals surface area contributed by atoms with Crippen molar-refractivity contribution >= 4 is 5.97 Å². The molecule has 0 bridgehead atoms. The van der Waals surface area contributed by atoms with Gasteiger partial charge >= 0.3 is 5.97 Å². The molecule has 0 aliphatic heterocycles. The molecule has 0 spiro atoms. The summed E-state index contributed by atoms with van der Waals surface area (Å²) >= 11 is 0. The average Bonchev–Trinajstić information content (AvgIpc) is 3.38. The van der Waals surface area contributed by atoms with Crippen molar-refractivity contribution in [3.8, 4) is 22.8 Å². The molecule has 0 unspecified atom stereocenters. The molecule has 2 aromatic carbocycles. The van der Waals surface area contributed by atoms with Crippen LogP contribution in [0.3, 0.4) is 0 Å². The minimum atomic E-state index is -0.395. The fourth-order valence-electron chi connectivity index (χ4n) is 2.75. The summed E-state index contributed by atoms with van der Waals surface area (Å²) in [7, 11) is 0. The Morgan fingerprint density at radius 2 is 1.90 bits per heavy atom. The van der Waals surface area contributed by atoms with Crippen molar-refractivity contribution in [2.45, 2.75) is 33.4 Å². The molecule has 152 valence electrons. The molecule has 0 saturated carbocycles. The van der Waals surface area contributed by atoms with Gasteiger partial charge in [0, 0.05) is 11.1 Å². The first kappa shape index (κ1) is 19.4. The number of nitrogens with zero attached hydrogens (tertiary/aromatic N) is 6. The molecule has 0 aliphatic rings. The maximum Gasteiger partial charge on any atom is 0.338 e. The standard InChI is InChI=1S/C21H20N6O3/c1-13(2)29-21(28)17-6-4-5-16(11-17)20-23-26-27(24-20)12-18-22-19(25-30-18)15-9-7-14(3)8-10-15/h4-11,13H,12H2,1-3H3.